The number of aromatic nitrogens is 1. The Labute approximate surface area is 142 Å². The molecule has 2 amide bonds. The van der Waals surface area contributed by atoms with Crippen LogP contribution in [0.25, 0.3) is 0 Å². The molecule has 6 nitrogen and oxygen atoms in total. The molecule has 0 aliphatic rings. The molecule has 0 fully saturated rings. The van der Waals surface area contributed by atoms with Gasteiger partial charge in [0, 0.05) is 12.6 Å². The number of benzene rings is 1. The summed E-state index contributed by atoms with van der Waals surface area (Å²) in [4.78, 5) is 14.0. The van der Waals surface area contributed by atoms with Crippen LogP contribution in [0, 0.1) is 13.8 Å². The highest BCUT2D eigenvalue weighted by Crippen LogP contribution is 2.20. The summed E-state index contributed by atoms with van der Waals surface area (Å²) in [6, 6.07) is 7.49. The number of aryl methyl sites for hydroxylation is 2. The van der Waals surface area contributed by atoms with E-state index in [9.17, 15) is 4.79 Å². The Hall–Kier alpha value is -2.50. The molecule has 130 valence electrons. The Bertz CT molecular complexity index is 677. The van der Waals surface area contributed by atoms with E-state index < -0.39 is 0 Å². The fraction of sp³-hybridized carbons (Fsp3) is 0.444. The van der Waals surface area contributed by atoms with Crippen molar-refractivity contribution in [3.05, 3.63) is 46.8 Å². The highest BCUT2D eigenvalue weighted by atomic mass is 16.5. The molecule has 1 aromatic heterocycles. The van der Waals surface area contributed by atoms with Gasteiger partial charge in [0.15, 0.2) is 0 Å². The van der Waals surface area contributed by atoms with Gasteiger partial charge in [-0.2, -0.15) is 0 Å². The van der Waals surface area contributed by atoms with E-state index in [1.807, 2.05) is 52.0 Å². The van der Waals surface area contributed by atoms with Crippen molar-refractivity contribution >= 4 is 6.03 Å². The molecule has 0 aliphatic heterocycles. The zero-order valence-electron chi connectivity index (χ0n) is 14.9. The second kappa shape index (κ2) is 7.86. The highest BCUT2D eigenvalue weighted by molar-refractivity contribution is 5.74. The number of hydrogen-bond donors (Lipinski definition) is 1. The molecule has 2 aromatic rings. The third-order valence-electron chi connectivity index (χ3n) is 3.93. The summed E-state index contributed by atoms with van der Waals surface area (Å²) in [5, 5.41) is 6.91. The van der Waals surface area contributed by atoms with Gasteiger partial charge >= 0.3 is 6.03 Å². The normalized spacial score (nSPS) is 11.9. The Kier molecular flexibility index (Phi) is 5.84. The van der Waals surface area contributed by atoms with Crippen LogP contribution < -0.4 is 10.1 Å². The smallest absolute Gasteiger partial charge is 0.317 e. The number of urea groups is 1. The Morgan fingerprint density at radius 2 is 2.17 bits per heavy atom. The molecule has 0 unspecified atom stereocenters. The van der Waals surface area contributed by atoms with Crippen molar-refractivity contribution in [3.8, 4) is 5.75 Å². The van der Waals surface area contributed by atoms with Crippen LogP contribution in [0.15, 0.2) is 28.8 Å². The van der Waals surface area contributed by atoms with Gasteiger partial charge in [0.05, 0.1) is 24.9 Å². The number of carbonyl (C=O) groups excluding carboxylic acids is 1. The molecule has 6 heteroatoms. The Morgan fingerprint density at radius 3 is 2.79 bits per heavy atom. The number of ether oxygens (including phenoxy) is 1. The quantitative estimate of drug-likeness (QED) is 0.878. The fourth-order valence-corrected chi connectivity index (χ4v) is 2.46. The van der Waals surface area contributed by atoms with Gasteiger partial charge in [0.1, 0.15) is 11.5 Å². The Balaban J connectivity index is 1.99. The second-order valence-corrected chi connectivity index (χ2v) is 5.84. The molecule has 0 saturated heterocycles. The maximum absolute atomic E-state index is 12.4. The van der Waals surface area contributed by atoms with Gasteiger partial charge in [0.2, 0.25) is 0 Å². The standard InChI is InChI=1S/C18H25N3O3/c1-6-23-16-9-7-8-15(10-16)12(2)19-18(22)21(5)11-17-13(3)20-24-14(17)4/h7-10,12H,6,11H2,1-5H3,(H,19,22)/t12-/m0/s1. The van der Waals surface area contributed by atoms with Crippen molar-refractivity contribution in [1.82, 2.24) is 15.4 Å². The first-order valence-corrected chi connectivity index (χ1v) is 8.08. The summed E-state index contributed by atoms with van der Waals surface area (Å²) in [5.41, 5.74) is 2.75. The molecular formula is C18H25N3O3. The minimum atomic E-state index is -0.149. The molecule has 2 rings (SSSR count). The van der Waals surface area contributed by atoms with Gasteiger partial charge < -0.3 is 19.5 Å². The van der Waals surface area contributed by atoms with Crippen molar-refractivity contribution in [3.63, 3.8) is 0 Å². The Morgan fingerprint density at radius 1 is 1.42 bits per heavy atom. The second-order valence-electron chi connectivity index (χ2n) is 5.84. The van der Waals surface area contributed by atoms with Crippen molar-refractivity contribution in [2.75, 3.05) is 13.7 Å². The molecule has 0 saturated carbocycles. The summed E-state index contributed by atoms with van der Waals surface area (Å²) < 4.78 is 10.6. The van der Waals surface area contributed by atoms with Crippen LogP contribution in [0.1, 0.15) is 42.5 Å². The maximum atomic E-state index is 12.4. The average molecular weight is 331 g/mol. The third-order valence-corrected chi connectivity index (χ3v) is 3.93. The lowest BCUT2D eigenvalue weighted by molar-refractivity contribution is 0.203. The lowest BCUT2D eigenvalue weighted by atomic mass is 10.1. The van der Waals surface area contributed by atoms with Gasteiger partial charge in [-0.3, -0.25) is 0 Å². The van der Waals surface area contributed by atoms with Crippen LogP contribution >= 0.6 is 0 Å². The first-order valence-electron chi connectivity index (χ1n) is 8.08. The van der Waals surface area contributed by atoms with Gasteiger partial charge in [0.25, 0.3) is 0 Å². The number of nitrogens with zero attached hydrogens (tertiary/aromatic N) is 2. The van der Waals surface area contributed by atoms with Crippen LogP contribution in [0.3, 0.4) is 0 Å². The molecule has 1 atom stereocenters. The molecule has 1 N–H and O–H groups in total. The summed E-state index contributed by atoms with van der Waals surface area (Å²) in [6.07, 6.45) is 0. The summed E-state index contributed by atoms with van der Waals surface area (Å²) >= 11 is 0. The minimum absolute atomic E-state index is 0.120. The number of carbonyl (C=O) groups is 1. The lowest BCUT2D eigenvalue weighted by Gasteiger charge is -2.22. The van der Waals surface area contributed by atoms with Gasteiger partial charge in [-0.15, -0.1) is 0 Å². The van der Waals surface area contributed by atoms with Gasteiger partial charge in [-0.25, -0.2) is 4.79 Å². The van der Waals surface area contributed by atoms with Crippen LogP contribution in [0.5, 0.6) is 5.75 Å². The molecule has 24 heavy (non-hydrogen) atoms. The van der Waals surface area contributed by atoms with E-state index in [4.69, 9.17) is 9.26 Å². The molecule has 0 bridgehead atoms. The van der Waals surface area contributed by atoms with Crippen LogP contribution in [-0.4, -0.2) is 29.7 Å². The first kappa shape index (κ1) is 17.8. The predicted molar refractivity (Wildman–Crippen MR) is 92.0 cm³/mol. The van der Waals surface area contributed by atoms with Gasteiger partial charge in [-0.05, 0) is 45.4 Å². The fourth-order valence-electron chi connectivity index (χ4n) is 2.46. The van der Waals surface area contributed by atoms with E-state index in [2.05, 4.69) is 10.5 Å². The van der Waals surface area contributed by atoms with Crippen LogP contribution in [0.2, 0.25) is 0 Å². The van der Waals surface area contributed by atoms with Gasteiger partial charge in [-0.1, -0.05) is 17.3 Å². The summed E-state index contributed by atoms with van der Waals surface area (Å²) in [6.45, 7) is 8.69. The van der Waals surface area contributed by atoms with E-state index in [1.54, 1.807) is 11.9 Å². The third kappa shape index (κ3) is 4.28. The highest BCUT2D eigenvalue weighted by Gasteiger charge is 2.17. The van der Waals surface area contributed by atoms with E-state index in [-0.39, 0.29) is 12.1 Å². The monoisotopic (exact) mass is 331 g/mol. The number of rotatable bonds is 6. The van der Waals surface area contributed by atoms with Crippen molar-refractivity contribution < 1.29 is 14.1 Å². The van der Waals surface area contributed by atoms with E-state index in [0.717, 1.165) is 28.3 Å². The number of nitrogens with one attached hydrogen (secondary N) is 1. The summed E-state index contributed by atoms with van der Waals surface area (Å²) in [7, 11) is 1.75. The number of hydrogen-bond acceptors (Lipinski definition) is 4. The number of amides is 2. The zero-order chi connectivity index (χ0) is 17.7. The molecule has 0 radical (unpaired) electrons. The lowest BCUT2D eigenvalue weighted by Crippen LogP contribution is -2.38. The molecule has 0 aliphatic carbocycles. The van der Waals surface area contributed by atoms with Crippen LogP contribution in [0.4, 0.5) is 4.79 Å². The van der Waals surface area contributed by atoms with E-state index in [0.29, 0.717) is 13.2 Å². The van der Waals surface area contributed by atoms with Crippen molar-refractivity contribution in [2.45, 2.75) is 40.3 Å². The minimum Gasteiger partial charge on any atom is -0.494 e. The molecule has 0 spiro atoms. The molecular weight excluding hydrogens is 306 g/mol. The van der Waals surface area contributed by atoms with E-state index >= 15 is 0 Å². The average Bonchev–Trinajstić information content (AvgIpc) is 2.87. The maximum Gasteiger partial charge on any atom is 0.317 e. The zero-order valence-corrected chi connectivity index (χ0v) is 14.9. The molecule has 1 aromatic carbocycles. The topological polar surface area (TPSA) is 67.6 Å². The van der Waals surface area contributed by atoms with Crippen molar-refractivity contribution in [2.24, 2.45) is 0 Å². The largest absolute Gasteiger partial charge is 0.494 e. The van der Waals surface area contributed by atoms with Crippen LogP contribution in [-0.2, 0) is 6.54 Å². The summed E-state index contributed by atoms with van der Waals surface area (Å²) in [5.74, 6) is 1.55. The van der Waals surface area contributed by atoms with E-state index in [1.165, 1.54) is 0 Å². The van der Waals surface area contributed by atoms with Crippen molar-refractivity contribution in [1.29, 1.82) is 0 Å². The molecule has 1 heterocycles. The SMILES string of the molecule is CCOc1cccc([C@H](C)NC(=O)N(C)Cc2c(C)noc2C)c1. The predicted octanol–water partition coefficient (Wildman–Crippen LogP) is 3.59. The first-order chi connectivity index (χ1) is 11.4.